The molecule has 5 heteroatoms. The Bertz CT molecular complexity index is 687. The van der Waals surface area contributed by atoms with Gasteiger partial charge in [0, 0.05) is 6.04 Å². The van der Waals surface area contributed by atoms with Crippen molar-refractivity contribution in [1.29, 1.82) is 0 Å². The predicted molar refractivity (Wildman–Crippen MR) is 90.7 cm³/mol. The zero-order valence-corrected chi connectivity index (χ0v) is 13.7. The van der Waals surface area contributed by atoms with Crippen molar-refractivity contribution in [2.75, 3.05) is 0 Å². The van der Waals surface area contributed by atoms with Crippen molar-refractivity contribution in [2.24, 2.45) is 5.92 Å². The van der Waals surface area contributed by atoms with Crippen LogP contribution in [0.3, 0.4) is 0 Å². The second kappa shape index (κ2) is 6.91. The number of hydrogen-bond donors (Lipinski definition) is 2. The molecular formula is C18H20FNO2S. The molecule has 1 fully saturated rings. The Labute approximate surface area is 138 Å². The van der Waals surface area contributed by atoms with Crippen molar-refractivity contribution >= 4 is 11.3 Å². The molecule has 0 amide bonds. The van der Waals surface area contributed by atoms with E-state index in [0.29, 0.717) is 11.8 Å². The lowest BCUT2D eigenvalue weighted by atomic mass is 10.0. The molecule has 1 aliphatic carbocycles. The number of nitrogens with one attached hydrogen (secondary N) is 1. The maximum atomic E-state index is 13.0. The minimum Gasteiger partial charge on any atom is -0.294 e. The van der Waals surface area contributed by atoms with E-state index in [4.69, 9.17) is 4.55 Å². The van der Waals surface area contributed by atoms with E-state index in [9.17, 15) is 8.60 Å². The highest BCUT2D eigenvalue weighted by Crippen LogP contribution is 2.50. The fourth-order valence-corrected chi connectivity index (χ4v) is 3.60. The zero-order valence-electron chi connectivity index (χ0n) is 12.9. The highest BCUT2D eigenvalue weighted by Gasteiger charge is 2.38. The molecule has 1 aliphatic rings. The third-order valence-electron chi connectivity index (χ3n) is 4.40. The highest BCUT2D eigenvalue weighted by molar-refractivity contribution is 7.77. The number of benzene rings is 2. The van der Waals surface area contributed by atoms with Gasteiger partial charge in [-0.25, -0.2) is 13.3 Å². The van der Waals surface area contributed by atoms with E-state index in [0.717, 1.165) is 24.0 Å². The zero-order chi connectivity index (χ0) is 16.4. The molecule has 0 spiro atoms. The first kappa shape index (κ1) is 16.3. The topological polar surface area (TPSA) is 49.3 Å². The van der Waals surface area contributed by atoms with E-state index in [1.807, 2.05) is 6.92 Å². The van der Waals surface area contributed by atoms with E-state index in [1.165, 1.54) is 17.7 Å². The lowest BCUT2D eigenvalue weighted by Crippen LogP contribution is -2.28. The Morgan fingerprint density at radius 1 is 1.17 bits per heavy atom. The average molecular weight is 333 g/mol. The molecule has 0 aliphatic heterocycles. The van der Waals surface area contributed by atoms with Crippen molar-refractivity contribution < 1.29 is 13.2 Å². The molecule has 1 saturated carbocycles. The Morgan fingerprint density at radius 2 is 1.74 bits per heavy atom. The first-order valence-corrected chi connectivity index (χ1v) is 8.86. The normalized spacial score (nSPS) is 22.6. The molecule has 122 valence electrons. The molecular weight excluding hydrogens is 313 g/mol. The molecule has 2 N–H and O–H groups in total. The van der Waals surface area contributed by atoms with Gasteiger partial charge >= 0.3 is 0 Å². The molecule has 2 aromatic rings. The Hall–Kier alpha value is -1.56. The summed E-state index contributed by atoms with van der Waals surface area (Å²) in [6.45, 7) is 1.93. The van der Waals surface area contributed by atoms with Crippen molar-refractivity contribution in [2.45, 2.75) is 31.7 Å². The SMILES string of the molecule is CC(CC1CC1c1ccc(-c2ccc(F)cc2)cc1)NS(=O)O. The van der Waals surface area contributed by atoms with Gasteiger partial charge in [-0.3, -0.25) is 4.55 Å². The molecule has 0 aromatic heterocycles. The summed E-state index contributed by atoms with van der Waals surface area (Å²) >= 11 is -1.94. The van der Waals surface area contributed by atoms with Crippen LogP contribution in [0.25, 0.3) is 11.1 Å². The smallest absolute Gasteiger partial charge is 0.231 e. The van der Waals surface area contributed by atoms with E-state index >= 15 is 0 Å². The van der Waals surface area contributed by atoms with Crippen molar-refractivity contribution in [3.8, 4) is 11.1 Å². The summed E-state index contributed by atoms with van der Waals surface area (Å²) in [6, 6.07) is 15.0. The van der Waals surface area contributed by atoms with E-state index in [2.05, 4.69) is 29.0 Å². The van der Waals surface area contributed by atoms with Crippen LogP contribution in [-0.4, -0.2) is 14.8 Å². The standard InChI is InChI=1S/C18H20FNO2S/c1-12(20-23(21)22)10-16-11-18(16)15-4-2-13(3-5-15)14-6-8-17(19)9-7-14/h2-9,12,16,18,20H,10-11H2,1H3,(H,21,22). The summed E-state index contributed by atoms with van der Waals surface area (Å²) in [6.07, 6.45) is 2.02. The highest BCUT2D eigenvalue weighted by atomic mass is 32.2. The molecule has 23 heavy (non-hydrogen) atoms. The summed E-state index contributed by atoms with van der Waals surface area (Å²) in [4.78, 5) is 0. The lowest BCUT2D eigenvalue weighted by molar-refractivity contribution is 0.506. The van der Waals surface area contributed by atoms with Crippen LogP contribution in [-0.2, 0) is 11.3 Å². The molecule has 4 atom stereocenters. The lowest BCUT2D eigenvalue weighted by Gasteiger charge is -2.10. The summed E-state index contributed by atoms with van der Waals surface area (Å²) in [5.41, 5.74) is 3.39. The van der Waals surface area contributed by atoms with E-state index < -0.39 is 11.3 Å². The van der Waals surface area contributed by atoms with Gasteiger partial charge in [-0.15, -0.1) is 0 Å². The Balaban J connectivity index is 1.60. The Kier molecular flexibility index (Phi) is 4.90. The van der Waals surface area contributed by atoms with Gasteiger partial charge in [0.15, 0.2) is 0 Å². The average Bonchev–Trinajstić information content (AvgIpc) is 3.26. The maximum Gasteiger partial charge on any atom is 0.231 e. The van der Waals surface area contributed by atoms with Crippen molar-refractivity contribution in [3.63, 3.8) is 0 Å². The summed E-state index contributed by atoms with van der Waals surface area (Å²) in [5, 5.41) is 0. The monoisotopic (exact) mass is 333 g/mol. The van der Waals surface area contributed by atoms with Gasteiger partial charge in [-0.2, -0.15) is 0 Å². The van der Waals surface area contributed by atoms with Crippen LogP contribution in [0.1, 0.15) is 31.2 Å². The first-order valence-electron chi connectivity index (χ1n) is 7.76. The van der Waals surface area contributed by atoms with Crippen LogP contribution in [0.15, 0.2) is 48.5 Å². The van der Waals surface area contributed by atoms with Crippen molar-refractivity contribution in [3.05, 3.63) is 59.9 Å². The molecule has 4 unspecified atom stereocenters. The van der Waals surface area contributed by atoms with Crippen LogP contribution < -0.4 is 4.72 Å². The minimum absolute atomic E-state index is 0.0364. The summed E-state index contributed by atoms with van der Waals surface area (Å²) in [5.74, 6) is 0.879. The summed E-state index contributed by atoms with van der Waals surface area (Å²) in [7, 11) is 0. The quantitative estimate of drug-likeness (QED) is 0.782. The largest absolute Gasteiger partial charge is 0.294 e. The second-order valence-corrected chi connectivity index (χ2v) is 6.97. The molecule has 2 aromatic carbocycles. The fourth-order valence-electron chi connectivity index (χ4n) is 3.16. The van der Waals surface area contributed by atoms with Gasteiger partial charge in [0.05, 0.1) is 0 Å². The molecule has 0 saturated heterocycles. The number of halogens is 1. The Morgan fingerprint density at radius 3 is 2.30 bits per heavy atom. The van der Waals surface area contributed by atoms with Crippen LogP contribution in [0, 0.1) is 11.7 Å². The van der Waals surface area contributed by atoms with Gasteiger partial charge in [-0.05, 0) is 60.4 Å². The first-order chi connectivity index (χ1) is 11.0. The molecule has 3 rings (SSSR count). The van der Waals surface area contributed by atoms with Gasteiger partial charge < -0.3 is 0 Å². The molecule has 0 radical (unpaired) electrons. The van der Waals surface area contributed by atoms with E-state index in [-0.39, 0.29) is 11.9 Å². The van der Waals surface area contributed by atoms with Gasteiger partial charge in [-0.1, -0.05) is 36.4 Å². The maximum absolute atomic E-state index is 13.0. The fraction of sp³-hybridized carbons (Fsp3) is 0.333. The van der Waals surface area contributed by atoms with Crippen LogP contribution in [0.4, 0.5) is 4.39 Å². The number of hydrogen-bond acceptors (Lipinski definition) is 1. The van der Waals surface area contributed by atoms with Gasteiger partial charge in [0.2, 0.25) is 11.3 Å². The van der Waals surface area contributed by atoms with Gasteiger partial charge in [0.25, 0.3) is 0 Å². The summed E-state index contributed by atoms with van der Waals surface area (Å²) < 4.78 is 35.2. The van der Waals surface area contributed by atoms with Crippen LogP contribution in [0.2, 0.25) is 0 Å². The predicted octanol–water partition coefficient (Wildman–Crippen LogP) is 4.10. The van der Waals surface area contributed by atoms with Crippen LogP contribution in [0.5, 0.6) is 0 Å². The van der Waals surface area contributed by atoms with E-state index in [1.54, 1.807) is 12.1 Å². The molecule has 0 heterocycles. The minimum atomic E-state index is -1.94. The third kappa shape index (κ3) is 4.25. The van der Waals surface area contributed by atoms with Crippen molar-refractivity contribution in [1.82, 2.24) is 4.72 Å². The second-order valence-electron chi connectivity index (χ2n) is 6.23. The number of rotatable bonds is 6. The third-order valence-corrected chi connectivity index (χ3v) is 5.00. The molecule has 0 bridgehead atoms. The van der Waals surface area contributed by atoms with Crippen LogP contribution >= 0.6 is 0 Å². The van der Waals surface area contributed by atoms with Gasteiger partial charge in [0.1, 0.15) is 5.82 Å². The molecule has 3 nitrogen and oxygen atoms in total.